The second-order valence-electron chi connectivity index (χ2n) is 6.92. The Morgan fingerprint density at radius 1 is 0.926 bits per heavy atom. The summed E-state index contributed by atoms with van der Waals surface area (Å²) < 4.78 is 11.8. The molecule has 0 saturated heterocycles. The molecule has 0 radical (unpaired) electrons. The Balaban J connectivity index is 1.70. The van der Waals surface area contributed by atoms with Crippen LogP contribution in [0.4, 0.5) is 0 Å². The third-order valence-corrected chi connectivity index (χ3v) is 5.66. The first-order valence-corrected chi connectivity index (χ1v) is 10.5. The lowest BCUT2D eigenvalue weighted by Gasteiger charge is -2.23. The fraction of sp³-hybridized carbons (Fsp3) is 0.455. The minimum atomic E-state index is 0.371. The largest absolute Gasteiger partial charge is 0.490 e. The summed E-state index contributed by atoms with van der Waals surface area (Å²) >= 11 is 12.7. The zero-order valence-corrected chi connectivity index (χ0v) is 17.3. The van der Waals surface area contributed by atoms with Crippen molar-refractivity contribution in [3.05, 3.63) is 57.6 Å². The van der Waals surface area contributed by atoms with Crippen LogP contribution in [-0.4, -0.2) is 12.6 Å². The van der Waals surface area contributed by atoms with Crippen molar-refractivity contribution in [2.75, 3.05) is 6.61 Å². The average Bonchev–Trinajstić information content (AvgIpc) is 2.69. The van der Waals surface area contributed by atoms with E-state index in [9.17, 15) is 0 Å². The third kappa shape index (κ3) is 5.78. The highest BCUT2D eigenvalue weighted by molar-refractivity contribution is 6.31. The maximum atomic E-state index is 6.53. The smallest absolute Gasteiger partial charge is 0.163 e. The van der Waals surface area contributed by atoms with Crippen LogP contribution < -0.4 is 14.8 Å². The topological polar surface area (TPSA) is 30.5 Å². The van der Waals surface area contributed by atoms with Crippen LogP contribution in [0.25, 0.3) is 0 Å². The molecule has 0 heterocycles. The lowest BCUT2D eigenvalue weighted by molar-refractivity contribution is 0.269. The Hall–Kier alpha value is -1.42. The predicted octanol–water partition coefficient (Wildman–Crippen LogP) is 6.39. The van der Waals surface area contributed by atoms with Gasteiger partial charge in [0.25, 0.3) is 0 Å². The minimum Gasteiger partial charge on any atom is -0.490 e. The second-order valence-corrected chi connectivity index (χ2v) is 7.73. The van der Waals surface area contributed by atoms with E-state index in [2.05, 4.69) is 5.32 Å². The number of halogens is 2. The highest BCUT2D eigenvalue weighted by Crippen LogP contribution is 2.35. The zero-order valence-electron chi connectivity index (χ0n) is 15.8. The Bertz CT molecular complexity index is 745. The van der Waals surface area contributed by atoms with Gasteiger partial charge in [0.2, 0.25) is 0 Å². The maximum absolute atomic E-state index is 6.53. The number of rotatable bonds is 8. The Morgan fingerprint density at radius 3 is 2.41 bits per heavy atom. The monoisotopic (exact) mass is 407 g/mol. The van der Waals surface area contributed by atoms with Crippen LogP contribution in [-0.2, 0) is 13.2 Å². The Kier molecular flexibility index (Phi) is 7.69. The highest BCUT2D eigenvalue weighted by Gasteiger charge is 2.16. The molecule has 1 fully saturated rings. The maximum Gasteiger partial charge on any atom is 0.163 e. The van der Waals surface area contributed by atoms with Gasteiger partial charge in [0, 0.05) is 34.3 Å². The lowest BCUT2D eigenvalue weighted by atomic mass is 9.95. The average molecular weight is 408 g/mol. The van der Waals surface area contributed by atoms with E-state index in [4.69, 9.17) is 32.7 Å². The van der Waals surface area contributed by atoms with Gasteiger partial charge in [-0.3, -0.25) is 0 Å². The van der Waals surface area contributed by atoms with Gasteiger partial charge in [-0.05, 0) is 37.5 Å². The molecule has 0 atom stereocenters. The summed E-state index contributed by atoms with van der Waals surface area (Å²) in [6.07, 6.45) is 6.46. The summed E-state index contributed by atoms with van der Waals surface area (Å²) in [6.45, 7) is 3.65. The summed E-state index contributed by atoms with van der Waals surface area (Å²) in [6, 6.07) is 12.1. The van der Waals surface area contributed by atoms with Crippen LogP contribution in [0.5, 0.6) is 11.5 Å². The fourth-order valence-electron chi connectivity index (χ4n) is 3.43. The lowest BCUT2D eigenvalue weighted by Crippen LogP contribution is -2.30. The van der Waals surface area contributed by atoms with Crippen molar-refractivity contribution in [2.45, 2.75) is 58.2 Å². The van der Waals surface area contributed by atoms with Crippen molar-refractivity contribution in [3.63, 3.8) is 0 Å². The molecule has 0 bridgehead atoms. The normalized spacial score (nSPS) is 14.9. The van der Waals surface area contributed by atoms with Gasteiger partial charge in [-0.15, -0.1) is 0 Å². The quantitative estimate of drug-likeness (QED) is 0.549. The van der Waals surface area contributed by atoms with Gasteiger partial charge in [-0.1, -0.05) is 60.7 Å². The van der Waals surface area contributed by atoms with Crippen molar-refractivity contribution in [1.82, 2.24) is 5.32 Å². The molecule has 0 unspecified atom stereocenters. The molecule has 2 aromatic carbocycles. The summed E-state index contributed by atoms with van der Waals surface area (Å²) in [4.78, 5) is 0. The molecule has 0 spiro atoms. The molecule has 27 heavy (non-hydrogen) atoms. The van der Waals surface area contributed by atoms with Crippen LogP contribution in [0.2, 0.25) is 10.0 Å². The molecule has 0 aliphatic heterocycles. The Morgan fingerprint density at radius 2 is 1.67 bits per heavy atom. The van der Waals surface area contributed by atoms with Gasteiger partial charge in [0.1, 0.15) is 6.61 Å². The minimum absolute atomic E-state index is 0.371. The van der Waals surface area contributed by atoms with E-state index >= 15 is 0 Å². The van der Waals surface area contributed by atoms with Crippen molar-refractivity contribution in [3.8, 4) is 11.5 Å². The summed E-state index contributed by atoms with van der Waals surface area (Å²) in [7, 11) is 0. The zero-order chi connectivity index (χ0) is 19.1. The fourth-order valence-corrected chi connectivity index (χ4v) is 3.84. The molecule has 3 rings (SSSR count). The molecule has 5 heteroatoms. The highest BCUT2D eigenvalue weighted by atomic mass is 35.5. The second kappa shape index (κ2) is 10.2. The van der Waals surface area contributed by atoms with Crippen molar-refractivity contribution < 1.29 is 9.47 Å². The van der Waals surface area contributed by atoms with Gasteiger partial charge in [-0.25, -0.2) is 0 Å². The molecule has 1 aliphatic carbocycles. The molecule has 2 aromatic rings. The SMILES string of the molecule is CCOc1cc(CNC2CCCCC2)c(Cl)cc1OCc1ccccc1Cl. The molecule has 0 aromatic heterocycles. The van der Waals surface area contributed by atoms with E-state index in [-0.39, 0.29) is 0 Å². The van der Waals surface area contributed by atoms with E-state index in [1.807, 2.05) is 43.3 Å². The first-order valence-electron chi connectivity index (χ1n) is 9.72. The van der Waals surface area contributed by atoms with Gasteiger partial charge in [0.15, 0.2) is 11.5 Å². The molecule has 1 saturated carbocycles. The van der Waals surface area contributed by atoms with E-state index in [0.29, 0.717) is 35.1 Å². The van der Waals surface area contributed by atoms with E-state index in [0.717, 1.165) is 23.4 Å². The summed E-state index contributed by atoms with van der Waals surface area (Å²) in [5.74, 6) is 1.36. The number of hydrogen-bond acceptors (Lipinski definition) is 3. The van der Waals surface area contributed by atoms with E-state index in [1.165, 1.54) is 32.1 Å². The molecule has 1 N–H and O–H groups in total. The van der Waals surface area contributed by atoms with Crippen LogP contribution in [0.3, 0.4) is 0 Å². The molecule has 0 amide bonds. The third-order valence-electron chi connectivity index (χ3n) is 4.94. The van der Waals surface area contributed by atoms with E-state index in [1.54, 1.807) is 0 Å². The Labute approximate surface area is 172 Å². The van der Waals surface area contributed by atoms with Gasteiger partial charge in [0.05, 0.1) is 6.61 Å². The van der Waals surface area contributed by atoms with Crippen molar-refractivity contribution in [2.24, 2.45) is 0 Å². The standard InChI is InChI=1S/C22H27Cl2NO2/c1-2-26-21-12-17(14-25-18-9-4-3-5-10-18)20(24)13-22(21)27-15-16-8-6-7-11-19(16)23/h6-8,11-13,18,25H,2-5,9-10,14-15H2,1H3. The molecule has 3 nitrogen and oxygen atoms in total. The van der Waals surface area contributed by atoms with Crippen LogP contribution in [0.1, 0.15) is 50.2 Å². The molecular formula is C22H27Cl2NO2. The van der Waals surface area contributed by atoms with Crippen molar-refractivity contribution >= 4 is 23.2 Å². The van der Waals surface area contributed by atoms with Gasteiger partial charge in [-0.2, -0.15) is 0 Å². The molecular weight excluding hydrogens is 381 g/mol. The summed E-state index contributed by atoms with van der Waals surface area (Å²) in [5.41, 5.74) is 1.97. The van der Waals surface area contributed by atoms with Crippen molar-refractivity contribution in [1.29, 1.82) is 0 Å². The first-order chi connectivity index (χ1) is 13.2. The number of ether oxygens (including phenoxy) is 2. The van der Waals surface area contributed by atoms with Crippen LogP contribution in [0, 0.1) is 0 Å². The molecule has 1 aliphatic rings. The van der Waals surface area contributed by atoms with E-state index < -0.39 is 0 Å². The number of hydrogen-bond donors (Lipinski definition) is 1. The van der Waals surface area contributed by atoms with Crippen LogP contribution >= 0.6 is 23.2 Å². The van der Waals surface area contributed by atoms with Gasteiger partial charge >= 0.3 is 0 Å². The predicted molar refractivity (Wildman–Crippen MR) is 112 cm³/mol. The summed E-state index contributed by atoms with van der Waals surface area (Å²) in [5, 5.41) is 5.01. The number of benzene rings is 2. The van der Waals surface area contributed by atoms with Crippen LogP contribution in [0.15, 0.2) is 36.4 Å². The first kappa shape index (κ1) is 20.3. The molecule has 146 valence electrons. The number of nitrogens with one attached hydrogen (secondary N) is 1. The van der Waals surface area contributed by atoms with Gasteiger partial charge < -0.3 is 14.8 Å².